The van der Waals surface area contributed by atoms with E-state index >= 15 is 0 Å². The van der Waals surface area contributed by atoms with E-state index in [0.717, 1.165) is 4.90 Å². The second-order valence-electron chi connectivity index (χ2n) is 6.15. The number of methoxy groups -OCH3 is 1. The summed E-state index contributed by atoms with van der Waals surface area (Å²) >= 11 is 0. The number of rotatable bonds is 4. The summed E-state index contributed by atoms with van der Waals surface area (Å²) in [5, 5.41) is 13.1. The van der Waals surface area contributed by atoms with Crippen LogP contribution < -0.4 is 4.74 Å². The van der Waals surface area contributed by atoms with Crippen molar-refractivity contribution in [2.75, 3.05) is 20.2 Å². The number of carboxylic acids is 1. The molecule has 0 radical (unpaired) electrons. The fourth-order valence-corrected chi connectivity index (χ4v) is 3.03. The van der Waals surface area contributed by atoms with Crippen molar-refractivity contribution in [1.82, 2.24) is 14.7 Å². The van der Waals surface area contributed by atoms with Gasteiger partial charge >= 0.3 is 12.1 Å². The molecule has 0 unspecified atom stereocenters. The fraction of sp³-hybridized carbons (Fsp3) is 0.353. The van der Waals surface area contributed by atoms with E-state index < -0.39 is 43.0 Å². The largest absolute Gasteiger partial charge is 0.497 e. The predicted molar refractivity (Wildman–Crippen MR) is 86.7 cm³/mol. The summed E-state index contributed by atoms with van der Waals surface area (Å²) in [6.45, 7) is -1.21. The minimum absolute atomic E-state index is 0.0576. The molecule has 2 atom stereocenters. The molecule has 1 amide bonds. The first-order valence-electron chi connectivity index (χ1n) is 7.99. The number of nitrogens with zero attached hydrogens (tertiary/aromatic N) is 3. The van der Waals surface area contributed by atoms with Gasteiger partial charge in [-0.1, -0.05) is 0 Å². The zero-order chi connectivity index (χ0) is 19.8. The van der Waals surface area contributed by atoms with Crippen LogP contribution in [-0.2, 0) is 4.79 Å². The van der Waals surface area contributed by atoms with E-state index in [9.17, 15) is 22.8 Å². The Morgan fingerprint density at radius 3 is 2.37 bits per heavy atom. The number of alkyl halides is 3. The van der Waals surface area contributed by atoms with Crippen molar-refractivity contribution in [1.29, 1.82) is 0 Å². The van der Waals surface area contributed by atoms with Crippen molar-refractivity contribution in [3.05, 3.63) is 42.2 Å². The molecule has 3 rings (SSSR count). The third-order valence-electron chi connectivity index (χ3n) is 4.49. The molecule has 1 N–H and O–H groups in total. The van der Waals surface area contributed by atoms with Gasteiger partial charge in [-0.05, 0) is 30.3 Å². The van der Waals surface area contributed by atoms with Gasteiger partial charge in [-0.15, -0.1) is 0 Å². The Kier molecular flexibility index (Phi) is 4.81. The summed E-state index contributed by atoms with van der Waals surface area (Å²) in [6.07, 6.45) is -3.19. The lowest BCUT2D eigenvalue weighted by Gasteiger charge is -2.18. The Morgan fingerprint density at radius 2 is 1.85 bits per heavy atom. The SMILES string of the molecule is COc1ccc(-n2ccc(C(=O)N3C[C@@H](C(F)(F)F)[C@H](C(=O)O)C3)n2)cc1. The summed E-state index contributed by atoms with van der Waals surface area (Å²) in [4.78, 5) is 24.5. The van der Waals surface area contributed by atoms with Crippen LogP contribution in [0.5, 0.6) is 5.75 Å². The number of ether oxygens (including phenoxy) is 1. The van der Waals surface area contributed by atoms with E-state index in [0.29, 0.717) is 11.4 Å². The van der Waals surface area contributed by atoms with E-state index in [4.69, 9.17) is 9.84 Å². The number of carbonyl (C=O) groups excluding carboxylic acids is 1. The molecule has 144 valence electrons. The van der Waals surface area contributed by atoms with Gasteiger partial charge < -0.3 is 14.7 Å². The number of aromatic nitrogens is 2. The van der Waals surface area contributed by atoms with Crippen molar-refractivity contribution in [2.24, 2.45) is 11.8 Å². The van der Waals surface area contributed by atoms with E-state index in [2.05, 4.69) is 5.10 Å². The third kappa shape index (κ3) is 3.74. The summed E-state index contributed by atoms with van der Waals surface area (Å²) in [6, 6.07) is 8.18. The Labute approximate surface area is 151 Å². The highest BCUT2D eigenvalue weighted by molar-refractivity contribution is 5.93. The standard InChI is InChI=1S/C17H16F3N3O4/c1-27-11-4-2-10(3-5-11)23-7-6-14(21-23)15(24)22-8-12(16(25)26)13(9-22)17(18,19)20/h2-7,12-13H,8-9H2,1H3,(H,25,26)/t12-,13-/m1/s1. The molecule has 2 heterocycles. The minimum atomic E-state index is -4.69. The molecular weight excluding hydrogens is 367 g/mol. The Balaban J connectivity index is 1.78. The second-order valence-corrected chi connectivity index (χ2v) is 6.15. The van der Waals surface area contributed by atoms with E-state index in [1.165, 1.54) is 24.1 Å². The zero-order valence-electron chi connectivity index (χ0n) is 14.2. The molecule has 1 aliphatic rings. The lowest BCUT2D eigenvalue weighted by molar-refractivity contribution is -0.187. The van der Waals surface area contributed by atoms with Crippen molar-refractivity contribution >= 4 is 11.9 Å². The Bertz CT molecular complexity index is 848. The third-order valence-corrected chi connectivity index (χ3v) is 4.49. The molecule has 0 spiro atoms. The number of benzene rings is 1. The van der Waals surface area contributed by atoms with E-state index in [-0.39, 0.29) is 5.69 Å². The highest BCUT2D eigenvalue weighted by atomic mass is 19.4. The number of halogens is 3. The molecule has 1 saturated heterocycles. The van der Waals surface area contributed by atoms with Gasteiger partial charge in [0.15, 0.2) is 5.69 Å². The van der Waals surface area contributed by atoms with Gasteiger partial charge in [0.2, 0.25) is 0 Å². The summed E-state index contributed by atoms with van der Waals surface area (Å²) in [7, 11) is 1.52. The molecule has 0 bridgehead atoms. The Hall–Kier alpha value is -3.04. The van der Waals surface area contributed by atoms with Gasteiger partial charge in [0.05, 0.1) is 24.6 Å². The van der Waals surface area contributed by atoms with Gasteiger partial charge in [-0.25, -0.2) is 4.68 Å². The molecule has 1 fully saturated rings. The number of likely N-dealkylation sites (tertiary alicyclic amines) is 1. The van der Waals surface area contributed by atoms with Crippen LogP contribution in [0.3, 0.4) is 0 Å². The summed E-state index contributed by atoms with van der Waals surface area (Å²) in [5.74, 6) is -5.45. The van der Waals surface area contributed by atoms with Crippen molar-refractivity contribution < 1.29 is 32.6 Å². The fourth-order valence-electron chi connectivity index (χ4n) is 3.03. The molecule has 0 aliphatic carbocycles. The van der Waals surface area contributed by atoms with E-state index in [1.54, 1.807) is 24.3 Å². The van der Waals surface area contributed by atoms with Crippen LogP contribution in [0.25, 0.3) is 5.69 Å². The van der Waals surface area contributed by atoms with Gasteiger partial charge in [-0.3, -0.25) is 9.59 Å². The van der Waals surface area contributed by atoms with Gasteiger partial charge in [0.1, 0.15) is 5.75 Å². The maximum Gasteiger partial charge on any atom is 0.394 e. The molecule has 27 heavy (non-hydrogen) atoms. The normalized spacial score (nSPS) is 19.9. The van der Waals surface area contributed by atoms with Crippen molar-refractivity contribution in [3.8, 4) is 11.4 Å². The first kappa shape index (κ1) is 18.7. The summed E-state index contributed by atoms with van der Waals surface area (Å²) < 4.78 is 45.7. The van der Waals surface area contributed by atoms with E-state index in [1.807, 2.05) is 0 Å². The van der Waals surface area contributed by atoms with Crippen molar-refractivity contribution in [3.63, 3.8) is 0 Å². The lowest BCUT2D eigenvalue weighted by Crippen LogP contribution is -2.34. The first-order chi connectivity index (χ1) is 12.7. The average molecular weight is 383 g/mol. The number of aliphatic carboxylic acids is 1. The number of hydrogen-bond acceptors (Lipinski definition) is 4. The minimum Gasteiger partial charge on any atom is -0.497 e. The van der Waals surface area contributed by atoms with Crippen LogP contribution in [0.2, 0.25) is 0 Å². The van der Waals surface area contributed by atoms with Crippen LogP contribution in [0, 0.1) is 11.8 Å². The van der Waals surface area contributed by atoms with Crippen LogP contribution in [0.4, 0.5) is 13.2 Å². The van der Waals surface area contributed by atoms with Crippen LogP contribution in [-0.4, -0.2) is 58.0 Å². The molecule has 10 heteroatoms. The molecule has 0 saturated carbocycles. The lowest BCUT2D eigenvalue weighted by atomic mass is 9.96. The quantitative estimate of drug-likeness (QED) is 0.875. The number of amides is 1. The zero-order valence-corrected chi connectivity index (χ0v) is 14.2. The number of hydrogen-bond donors (Lipinski definition) is 1. The molecule has 1 aromatic carbocycles. The second kappa shape index (κ2) is 6.93. The monoisotopic (exact) mass is 383 g/mol. The molecule has 1 aliphatic heterocycles. The molecule has 1 aromatic heterocycles. The predicted octanol–water partition coefficient (Wildman–Crippen LogP) is 2.22. The maximum atomic E-state index is 13.1. The van der Waals surface area contributed by atoms with Crippen molar-refractivity contribution in [2.45, 2.75) is 6.18 Å². The number of carboxylic acid groups (broad SMARTS) is 1. The van der Waals surface area contributed by atoms with Gasteiger partial charge in [0, 0.05) is 19.3 Å². The molecular formula is C17H16F3N3O4. The first-order valence-corrected chi connectivity index (χ1v) is 7.99. The van der Waals surface area contributed by atoms with Crippen LogP contribution >= 0.6 is 0 Å². The smallest absolute Gasteiger partial charge is 0.394 e. The molecule has 7 nitrogen and oxygen atoms in total. The highest BCUT2D eigenvalue weighted by Crippen LogP contribution is 2.38. The van der Waals surface area contributed by atoms with Gasteiger partial charge in [-0.2, -0.15) is 18.3 Å². The average Bonchev–Trinajstić information content (AvgIpc) is 3.28. The number of carbonyl (C=O) groups is 2. The molecule has 2 aromatic rings. The maximum absolute atomic E-state index is 13.1. The topological polar surface area (TPSA) is 84.7 Å². The van der Waals surface area contributed by atoms with Crippen LogP contribution in [0.15, 0.2) is 36.5 Å². The van der Waals surface area contributed by atoms with Crippen LogP contribution in [0.1, 0.15) is 10.5 Å². The highest BCUT2D eigenvalue weighted by Gasteiger charge is 2.53. The van der Waals surface area contributed by atoms with Gasteiger partial charge in [0.25, 0.3) is 5.91 Å². The Morgan fingerprint density at radius 1 is 1.19 bits per heavy atom. The summed E-state index contributed by atoms with van der Waals surface area (Å²) in [5.41, 5.74) is 0.575.